The van der Waals surface area contributed by atoms with Gasteiger partial charge in [-0.1, -0.05) is 42.8 Å². The molecule has 1 unspecified atom stereocenters. The van der Waals surface area contributed by atoms with Crippen molar-refractivity contribution in [2.45, 2.75) is 45.8 Å². The predicted molar refractivity (Wildman–Crippen MR) is 74.8 cm³/mol. The fraction of sp³-hybridized carbons (Fsp3) is 0.571. The van der Waals surface area contributed by atoms with Crippen LogP contribution in [0.2, 0.25) is 0 Å². The van der Waals surface area contributed by atoms with Gasteiger partial charge in [-0.2, -0.15) is 13.2 Å². The molecule has 1 atom stereocenters. The molecule has 0 aliphatic rings. The molecular weight excluding hydrogens is 319 g/mol. The summed E-state index contributed by atoms with van der Waals surface area (Å²) in [5.41, 5.74) is 5.96. The Morgan fingerprint density at radius 3 is 2.26 bits per heavy atom. The molecule has 0 saturated heterocycles. The second-order valence-electron chi connectivity index (χ2n) is 5.94. The Balaban J connectivity index is 2.90. The molecule has 0 heterocycles. The van der Waals surface area contributed by atoms with E-state index in [1.165, 1.54) is 6.07 Å². The first kappa shape index (κ1) is 16.5. The van der Waals surface area contributed by atoms with Crippen LogP contribution >= 0.6 is 15.9 Å². The average Bonchev–Trinajstić information content (AvgIpc) is 2.24. The normalized spacial score (nSPS) is 14.5. The SMILES string of the molecule is CC(C)(C)CCC(N)c1ccc(Br)c(C(F)(F)F)c1. The van der Waals surface area contributed by atoms with Gasteiger partial charge >= 0.3 is 6.18 Å². The summed E-state index contributed by atoms with van der Waals surface area (Å²) >= 11 is 2.93. The largest absolute Gasteiger partial charge is 0.417 e. The molecular formula is C14H19BrF3N. The Bertz CT molecular complexity index is 435. The van der Waals surface area contributed by atoms with Crippen LogP contribution in [0.1, 0.15) is 50.8 Å². The van der Waals surface area contributed by atoms with Crippen LogP contribution in [0.5, 0.6) is 0 Å². The molecule has 0 bridgehead atoms. The molecule has 0 radical (unpaired) electrons. The van der Waals surface area contributed by atoms with Crippen LogP contribution in [0.4, 0.5) is 13.2 Å². The molecule has 0 amide bonds. The van der Waals surface area contributed by atoms with Gasteiger partial charge in [0.2, 0.25) is 0 Å². The van der Waals surface area contributed by atoms with Crippen molar-refractivity contribution in [3.05, 3.63) is 33.8 Å². The Morgan fingerprint density at radius 2 is 1.79 bits per heavy atom. The first-order valence-electron chi connectivity index (χ1n) is 6.13. The molecule has 19 heavy (non-hydrogen) atoms. The summed E-state index contributed by atoms with van der Waals surface area (Å²) in [6.45, 7) is 6.26. The monoisotopic (exact) mass is 337 g/mol. The molecule has 0 spiro atoms. The quantitative estimate of drug-likeness (QED) is 0.796. The second-order valence-corrected chi connectivity index (χ2v) is 6.80. The Kier molecular flexibility index (Phi) is 5.07. The molecule has 0 aliphatic carbocycles. The Labute approximate surface area is 120 Å². The fourth-order valence-corrected chi connectivity index (χ4v) is 2.22. The summed E-state index contributed by atoms with van der Waals surface area (Å²) in [4.78, 5) is 0. The van der Waals surface area contributed by atoms with Crippen molar-refractivity contribution < 1.29 is 13.2 Å². The van der Waals surface area contributed by atoms with E-state index in [1.807, 2.05) is 0 Å². The number of hydrogen-bond acceptors (Lipinski definition) is 1. The summed E-state index contributed by atoms with van der Waals surface area (Å²) in [5.74, 6) is 0. The van der Waals surface area contributed by atoms with Crippen molar-refractivity contribution >= 4 is 15.9 Å². The summed E-state index contributed by atoms with van der Waals surface area (Å²) in [7, 11) is 0. The van der Waals surface area contributed by atoms with E-state index in [1.54, 1.807) is 6.07 Å². The molecule has 1 nitrogen and oxygen atoms in total. The maximum atomic E-state index is 12.8. The lowest BCUT2D eigenvalue weighted by Gasteiger charge is -2.21. The van der Waals surface area contributed by atoms with Gasteiger partial charge < -0.3 is 5.73 Å². The molecule has 2 N–H and O–H groups in total. The minimum Gasteiger partial charge on any atom is -0.324 e. The van der Waals surface area contributed by atoms with Crippen LogP contribution < -0.4 is 5.73 Å². The Morgan fingerprint density at radius 1 is 1.21 bits per heavy atom. The first-order chi connectivity index (χ1) is 8.50. The summed E-state index contributed by atoms with van der Waals surface area (Å²) in [5, 5.41) is 0. The maximum absolute atomic E-state index is 12.8. The molecule has 0 aliphatic heterocycles. The maximum Gasteiger partial charge on any atom is 0.417 e. The minimum absolute atomic E-state index is 0.0479. The van der Waals surface area contributed by atoms with Gasteiger partial charge in [-0.05, 0) is 36.0 Å². The van der Waals surface area contributed by atoms with Crippen LogP contribution in [0, 0.1) is 5.41 Å². The van der Waals surface area contributed by atoms with Crippen LogP contribution in [0.3, 0.4) is 0 Å². The van der Waals surface area contributed by atoms with Crippen molar-refractivity contribution in [1.29, 1.82) is 0 Å². The van der Waals surface area contributed by atoms with E-state index in [2.05, 4.69) is 36.7 Å². The zero-order valence-electron chi connectivity index (χ0n) is 11.3. The standard InChI is InChI=1S/C14H19BrF3N/c1-13(2,3)7-6-12(19)9-4-5-11(15)10(8-9)14(16,17)18/h4-5,8,12H,6-7,19H2,1-3H3. The molecule has 0 saturated carbocycles. The third-order valence-electron chi connectivity index (χ3n) is 2.93. The van der Waals surface area contributed by atoms with Crippen molar-refractivity contribution in [2.75, 3.05) is 0 Å². The number of hydrogen-bond donors (Lipinski definition) is 1. The zero-order valence-corrected chi connectivity index (χ0v) is 12.9. The van der Waals surface area contributed by atoms with E-state index in [0.717, 1.165) is 12.5 Å². The molecule has 108 valence electrons. The number of nitrogens with two attached hydrogens (primary N) is 1. The van der Waals surface area contributed by atoms with Gasteiger partial charge in [0.05, 0.1) is 5.56 Å². The number of benzene rings is 1. The third kappa shape index (κ3) is 5.15. The van der Waals surface area contributed by atoms with Crippen molar-refractivity contribution in [2.24, 2.45) is 11.1 Å². The molecule has 1 rings (SSSR count). The first-order valence-corrected chi connectivity index (χ1v) is 6.92. The third-order valence-corrected chi connectivity index (χ3v) is 3.62. The fourth-order valence-electron chi connectivity index (χ4n) is 1.75. The average molecular weight is 338 g/mol. The summed E-state index contributed by atoms with van der Waals surface area (Å²) in [6, 6.07) is 3.83. The summed E-state index contributed by atoms with van der Waals surface area (Å²) < 4.78 is 38.4. The van der Waals surface area contributed by atoms with Gasteiger partial charge in [0.15, 0.2) is 0 Å². The van der Waals surface area contributed by atoms with Crippen molar-refractivity contribution in [1.82, 2.24) is 0 Å². The van der Waals surface area contributed by atoms with Crippen LogP contribution in [0.15, 0.2) is 22.7 Å². The van der Waals surface area contributed by atoms with E-state index in [-0.39, 0.29) is 15.9 Å². The highest BCUT2D eigenvalue weighted by Gasteiger charge is 2.33. The van der Waals surface area contributed by atoms with Crippen LogP contribution in [-0.2, 0) is 6.18 Å². The number of halogens is 4. The van der Waals surface area contributed by atoms with Crippen molar-refractivity contribution in [3.63, 3.8) is 0 Å². The topological polar surface area (TPSA) is 26.0 Å². The zero-order chi connectivity index (χ0) is 14.8. The van der Waals surface area contributed by atoms with Gasteiger partial charge in [-0.3, -0.25) is 0 Å². The molecule has 1 aromatic carbocycles. The number of rotatable bonds is 3. The van der Waals surface area contributed by atoms with Crippen LogP contribution in [-0.4, -0.2) is 0 Å². The number of alkyl halides is 3. The van der Waals surface area contributed by atoms with Gasteiger partial charge in [0.1, 0.15) is 0 Å². The van der Waals surface area contributed by atoms with Gasteiger partial charge in [-0.25, -0.2) is 0 Å². The molecule has 0 aromatic heterocycles. The smallest absolute Gasteiger partial charge is 0.324 e. The predicted octanol–water partition coefficient (Wildman–Crippen LogP) is 5.29. The Hall–Kier alpha value is -0.550. The van der Waals surface area contributed by atoms with E-state index >= 15 is 0 Å². The summed E-state index contributed by atoms with van der Waals surface area (Å²) in [6.07, 6.45) is -2.83. The highest BCUT2D eigenvalue weighted by Crippen LogP contribution is 2.37. The highest BCUT2D eigenvalue weighted by atomic mass is 79.9. The molecule has 0 fully saturated rings. The lowest BCUT2D eigenvalue weighted by Crippen LogP contribution is -2.16. The van der Waals surface area contributed by atoms with E-state index in [4.69, 9.17) is 5.73 Å². The molecule has 1 aromatic rings. The van der Waals surface area contributed by atoms with Gasteiger partial charge in [0, 0.05) is 10.5 Å². The molecule has 5 heteroatoms. The van der Waals surface area contributed by atoms with E-state index in [0.29, 0.717) is 12.0 Å². The minimum atomic E-state index is -4.36. The van der Waals surface area contributed by atoms with E-state index in [9.17, 15) is 13.2 Å². The van der Waals surface area contributed by atoms with Crippen molar-refractivity contribution in [3.8, 4) is 0 Å². The van der Waals surface area contributed by atoms with Crippen LogP contribution in [0.25, 0.3) is 0 Å². The second kappa shape index (κ2) is 5.83. The van der Waals surface area contributed by atoms with Gasteiger partial charge in [0.25, 0.3) is 0 Å². The highest BCUT2D eigenvalue weighted by molar-refractivity contribution is 9.10. The lowest BCUT2D eigenvalue weighted by molar-refractivity contribution is -0.138. The van der Waals surface area contributed by atoms with Gasteiger partial charge in [-0.15, -0.1) is 0 Å². The van der Waals surface area contributed by atoms with E-state index < -0.39 is 11.7 Å². The lowest BCUT2D eigenvalue weighted by atomic mass is 9.87.